The molecule has 0 radical (unpaired) electrons. The highest BCUT2D eigenvalue weighted by Gasteiger charge is 2.30. The Balaban J connectivity index is 1.98. The van der Waals surface area contributed by atoms with Crippen LogP contribution in [0.25, 0.3) is 0 Å². The molecule has 2 aliphatic heterocycles. The van der Waals surface area contributed by atoms with Gasteiger partial charge in [-0.1, -0.05) is 0 Å². The van der Waals surface area contributed by atoms with Crippen molar-refractivity contribution in [2.24, 2.45) is 0 Å². The summed E-state index contributed by atoms with van der Waals surface area (Å²) in [6.07, 6.45) is 1.27. The third kappa shape index (κ3) is 2.25. The summed E-state index contributed by atoms with van der Waals surface area (Å²) in [6, 6.07) is 0. The molecule has 6 heteroatoms. The number of alkyl halides is 1. The predicted octanol–water partition coefficient (Wildman–Crippen LogP) is 0.217. The zero-order valence-electron chi connectivity index (χ0n) is 8.40. The van der Waals surface area contributed by atoms with Gasteiger partial charge < -0.3 is 19.7 Å². The van der Waals surface area contributed by atoms with Crippen LogP contribution in [0.3, 0.4) is 0 Å². The fourth-order valence-electron chi connectivity index (χ4n) is 1.54. The second-order valence-corrected chi connectivity index (χ2v) is 3.81. The van der Waals surface area contributed by atoms with E-state index in [1.807, 2.05) is 4.90 Å². The Kier molecular flexibility index (Phi) is 3.14. The zero-order valence-corrected chi connectivity index (χ0v) is 9.16. The Morgan fingerprint density at radius 2 is 2.53 bits per heavy atom. The first kappa shape index (κ1) is 10.7. The second kappa shape index (κ2) is 4.38. The molecule has 2 aliphatic rings. The molecule has 0 aromatic rings. The molecule has 1 amide bonds. The standard InChI is InChI=1S/C9H13ClN2O3/c1-6-3-12(5-11-9(6)13)7-4-14-8(2-10)15-7/h3,7-8H,2,4-5H2,1H3,(H,11,13). The van der Waals surface area contributed by atoms with Crippen molar-refractivity contribution in [2.75, 3.05) is 19.2 Å². The topological polar surface area (TPSA) is 50.8 Å². The third-order valence-electron chi connectivity index (χ3n) is 2.37. The number of carbonyl (C=O) groups excluding carboxylic acids is 1. The van der Waals surface area contributed by atoms with Gasteiger partial charge in [-0.2, -0.15) is 0 Å². The van der Waals surface area contributed by atoms with Crippen LogP contribution in [-0.2, 0) is 14.3 Å². The average Bonchev–Trinajstić information content (AvgIpc) is 2.70. The van der Waals surface area contributed by atoms with Gasteiger partial charge in [0.2, 0.25) is 5.91 Å². The van der Waals surface area contributed by atoms with Crippen LogP contribution in [0.15, 0.2) is 11.8 Å². The third-order valence-corrected chi connectivity index (χ3v) is 2.62. The minimum Gasteiger partial charge on any atom is -0.347 e. The Morgan fingerprint density at radius 1 is 1.73 bits per heavy atom. The highest BCUT2D eigenvalue weighted by Crippen LogP contribution is 2.18. The van der Waals surface area contributed by atoms with Crippen molar-refractivity contribution >= 4 is 17.5 Å². The lowest BCUT2D eigenvalue weighted by atomic mass is 10.2. The van der Waals surface area contributed by atoms with Crippen molar-refractivity contribution in [1.82, 2.24) is 10.2 Å². The van der Waals surface area contributed by atoms with Gasteiger partial charge in [0.05, 0.1) is 19.2 Å². The molecule has 2 atom stereocenters. The lowest BCUT2D eigenvalue weighted by molar-refractivity contribution is -0.120. The Morgan fingerprint density at radius 3 is 3.13 bits per heavy atom. The molecule has 0 bridgehead atoms. The molecule has 1 saturated heterocycles. The monoisotopic (exact) mass is 232 g/mol. The summed E-state index contributed by atoms with van der Waals surface area (Å²) in [5.74, 6) is 0.276. The van der Waals surface area contributed by atoms with E-state index in [2.05, 4.69) is 5.32 Å². The van der Waals surface area contributed by atoms with Crippen LogP contribution in [0, 0.1) is 0 Å². The van der Waals surface area contributed by atoms with E-state index >= 15 is 0 Å². The van der Waals surface area contributed by atoms with E-state index in [1.165, 1.54) is 0 Å². The van der Waals surface area contributed by atoms with Crippen molar-refractivity contribution < 1.29 is 14.3 Å². The summed E-state index contributed by atoms with van der Waals surface area (Å²) in [7, 11) is 0. The van der Waals surface area contributed by atoms with Gasteiger partial charge in [0.25, 0.3) is 0 Å². The SMILES string of the molecule is CC1=CN(C2COC(CCl)O2)CNC1=O. The van der Waals surface area contributed by atoms with Gasteiger partial charge in [-0.3, -0.25) is 4.79 Å². The highest BCUT2D eigenvalue weighted by atomic mass is 35.5. The van der Waals surface area contributed by atoms with Crippen molar-refractivity contribution in [2.45, 2.75) is 19.4 Å². The van der Waals surface area contributed by atoms with E-state index in [-0.39, 0.29) is 18.4 Å². The lowest BCUT2D eigenvalue weighted by Crippen LogP contribution is -2.46. The molecule has 1 fully saturated rings. The smallest absolute Gasteiger partial charge is 0.249 e. The summed E-state index contributed by atoms with van der Waals surface area (Å²) in [4.78, 5) is 13.1. The predicted molar refractivity (Wildman–Crippen MR) is 53.9 cm³/mol. The molecule has 0 aliphatic carbocycles. The molecule has 5 nitrogen and oxygen atoms in total. The summed E-state index contributed by atoms with van der Waals surface area (Å²) >= 11 is 5.61. The van der Waals surface area contributed by atoms with E-state index in [0.29, 0.717) is 24.7 Å². The van der Waals surface area contributed by atoms with Crippen LogP contribution in [-0.4, -0.2) is 42.5 Å². The molecule has 0 aromatic heterocycles. The molecule has 2 unspecified atom stereocenters. The molecule has 2 rings (SSSR count). The number of ether oxygens (including phenoxy) is 2. The number of hydrogen-bond acceptors (Lipinski definition) is 4. The van der Waals surface area contributed by atoms with E-state index in [4.69, 9.17) is 21.1 Å². The number of nitrogens with one attached hydrogen (secondary N) is 1. The molecule has 2 heterocycles. The Bertz CT molecular complexity index is 295. The van der Waals surface area contributed by atoms with Gasteiger partial charge in [0.15, 0.2) is 12.5 Å². The molecule has 0 aromatic carbocycles. The number of carbonyl (C=O) groups is 1. The minimum absolute atomic E-state index is 0.0425. The first-order chi connectivity index (χ1) is 7.20. The minimum atomic E-state index is -0.344. The number of amides is 1. The van der Waals surface area contributed by atoms with Crippen molar-refractivity contribution in [3.63, 3.8) is 0 Å². The molecular formula is C9H13ClN2O3. The number of halogens is 1. The van der Waals surface area contributed by atoms with Crippen LogP contribution in [0.5, 0.6) is 0 Å². The molecular weight excluding hydrogens is 220 g/mol. The summed E-state index contributed by atoms with van der Waals surface area (Å²) in [5.41, 5.74) is 0.666. The van der Waals surface area contributed by atoms with E-state index in [1.54, 1.807) is 13.1 Å². The Hall–Kier alpha value is -0.780. The van der Waals surface area contributed by atoms with Crippen LogP contribution in [0.1, 0.15) is 6.92 Å². The Labute approximate surface area is 93.0 Å². The van der Waals surface area contributed by atoms with Crippen LogP contribution < -0.4 is 5.32 Å². The van der Waals surface area contributed by atoms with Gasteiger partial charge in [-0.15, -0.1) is 11.6 Å². The van der Waals surface area contributed by atoms with Crippen LogP contribution in [0.4, 0.5) is 0 Å². The largest absolute Gasteiger partial charge is 0.347 e. The molecule has 0 spiro atoms. The normalized spacial score (nSPS) is 31.5. The molecule has 0 saturated carbocycles. The quantitative estimate of drug-likeness (QED) is 0.692. The van der Waals surface area contributed by atoms with Crippen molar-refractivity contribution in [3.05, 3.63) is 11.8 Å². The van der Waals surface area contributed by atoms with Crippen molar-refractivity contribution in [1.29, 1.82) is 0 Å². The second-order valence-electron chi connectivity index (χ2n) is 3.50. The van der Waals surface area contributed by atoms with Gasteiger partial charge >= 0.3 is 0 Å². The fraction of sp³-hybridized carbons (Fsp3) is 0.667. The fourth-order valence-corrected chi connectivity index (χ4v) is 1.70. The maximum Gasteiger partial charge on any atom is 0.249 e. The van der Waals surface area contributed by atoms with E-state index in [0.717, 1.165) is 0 Å². The first-order valence-electron chi connectivity index (χ1n) is 4.76. The number of nitrogens with zero attached hydrogens (tertiary/aromatic N) is 1. The number of hydrogen-bond donors (Lipinski definition) is 1. The van der Waals surface area contributed by atoms with Gasteiger partial charge in [-0.25, -0.2) is 0 Å². The highest BCUT2D eigenvalue weighted by molar-refractivity contribution is 6.18. The average molecular weight is 233 g/mol. The van der Waals surface area contributed by atoms with Gasteiger partial charge in [-0.05, 0) is 6.92 Å². The maximum absolute atomic E-state index is 11.2. The van der Waals surface area contributed by atoms with E-state index in [9.17, 15) is 4.79 Å². The maximum atomic E-state index is 11.2. The molecule has 1 N–H and O–H groups in total. The van der Waals surface area contributed by atoms with Crippen LogP contribution in [0.2, 0.25) is 0 Å². The van der Waals surface area contributed by atoms with Crippen molar-refractivity contribution in [3.8, 4) is 0 Å². The van der Waals surface area contributed by atoms with E-state index < -0.39 is 0 Å². The van der Waals surface area contributed by atoms with Gasteiger partial charge in [0.1, 0.15) is 0 Å². The van der Waals surface area contributed by atoms with Crippen LogP contribution >= 0.6 is 11.6 Å². The zero-order chi connectivity index (χ0) is 10.8. The first-order valence-corrected chi connectivity index (χ1v) is 5.29. The summed E-state index contributed by atoms with van der Waals surface area (Å²) < 4.78 is 10.8. The summed E-state index contributed by atoms with van der Waals surface area (Å²) in [6.45, 7) is 2.67. The van der Waals surface area contributed by atoms with Gasteiger partial charge in [0, 0.05) is 11.8 Å². The number of rotatable bonds is 2. The molecule has 84 valence electrons. The lowest BCUT2D eigenvalue weighted by Gasteiger charge is -2.29. The summed E-state index contributed by atoms with van der Waals surface area (Å²) in [5, 5.41) is 2.74. The molecule has 15 heavy (non-hydrogen) atoms.